The van der Waals surface area contributed by atoms with E-state index in [-0.39, 0.29) is 5.91 Å². The summed E-state index contributed by atoms with van der Waals surface area (Å²) in [5.74, 6) is 0.132. The highest BCUT2D eigenvalue weighted by atomic mass is 32.1. The van der Waals surface area contributed by atoms with Crippen molar-refractivity contribution < 1.29 is 4.79 Å². The van der Waals surface area contributed by atoms with Crippen LogP contribution in [0.3, 0.4) is 0 Å². The van der Waals surface area contributed by atoms with Crippen LogP contribution in [-0.4, -0.2) is 28.9 Å². The minimum absolute atomic E-state index is 0.132. The molecule has 0 aliphatic rings. The first-order valence-electron chi connectivity index (χ1n) is 4.17. The van der Waals surface area contributed by atoms with E-state index in [4.69, 9.17) is 5.73 Å². The zero-order chi connectivity index (χ0) is 9.56. The second kappa shape index (κ2) is 5.94. The largest absolute Gasteiger partial charge is 0.393 e. The van der Waals surface area contributed by atoms with Gasteiger partial charge in [-0.2, -0.15) is 0 Å². The maximum absolute atomic E-state index is 11.3. The molecule has 0 saturated heterocycles. The molecule has 0 rings (SSSR count). The molecule has 0 fully saturated rings. The predicted octanol–water partition coefficient (Wildman–Crippen LogP) is 0.921. The van der Waals surface area contributed by atoms with Crippen LogP contribution in [0.15, 0.2) is 0 Å². The van der Waals surface area contributed by atoms with Gasteiger partial charge in [-0.25, -0.2) is 0 Å². The van der Waals surface area contributed by atoms with Gasteiger partial charge >= 0.3 is 0 Å². The van der Waals surface area contributed by atoms with Crippen molar-refractivity contribution in [2.75, 3.05) is 13.1 Å². The summed E-state index contributed by atoms with van der Waals surface area (Å²) < 4.78 is 0. The number of amides is 1. The van der Waals surface area contributed by atoms with Crippen molar-refractivity contribution in [3.63, 3.8) is 0 Å². The lowest BCUT2D eigenvalue weighted by molar-refractivity contribution is -0.130. The third-order valence-corrected chi connectivity index (χ3v) is 1.91. The fourth-order valence-corrected chi connectivity index (χ4v) is 1.07. The molecule has 0 aliphatic heterocycles. The maximum atomic E-state index is 11.3. The van der Waals surface area contributed by atoms with E-state index in [0.29, 0.717) is 17.8 Å². The molecule has 0 bridgehead atoms. The number of hydrogen-bond donors (Lipinski definition) is 1. The molecule has 0 radical (unpaired) electrons. The third-order valence-electron chi connectivity index (χ3n) is 1.70. The van der Waals surface area contributed by atoms with Gasteiger partial charge in [-0.05, 0) is 13.8 Å². The molecule has 0 aromatic carbocycles. The molecule has 1 amide bonds. The monoisotopic (exact) mass is 188 g/mol. The summed E-state index contributed by atoms with van der Waals surface area (Å²) in [6.07, 6.45) is 0.960. The summed E-state index contributed by atoms with van der Waals surface area (Å²) in [7, 11) is 0. The molecule has 4 heteroatoms. The molecule has 0 saturated carbocycles. The highest BCUT2D eigenvalue weighted by Gasteiger charge is 2.08. The van der Waals surface area contributed by atoms with Crippen LogP contribution in [0.4, 0.5) is 0 Å². The fraction of sp³-hybridized carbons (Fsp3) is 0.750. The van der Waals surface area contributed by atoms with Gasteiger partial charge in [0.1, 0.15) is 0 Å². The van der Waals surface area contributed by atoms with Crippen molar-refractivity contribution in [3.8, 4) is 0 Å². The summed E-state index contributed by atoms with van der Waals surface area (Å²) in [4.78, 5) is 13.5. The number of nitrogens with zero attached hydrogens (tertiary/aromatic N) is 1. The van der Waals surface area contributed by atoms with Gasteiger partial charge in [0.15, 0.2) is 0 Å². The summed E-state index contributed by atoms with van der Waals surface area (Å²) >= 11 is 4.68. The summed E-state index contributed by atoms with van der Waals surface area (Å²) in [5, 5.41) is 0. The molecule has 0 spiro atoms. The van der Waals surface area contributed by atoms with E-state index in [1.807, 2.05) is 13.8 Å². The smallest absolute Gasteiger partial charge is 0.222 e. The number of thiocarbonyl (C=S) groups is 1. The molecule has 70 valence electrons. The Morgan fingerprint density at radius 1 is 1.33 bits per heavy atom. The molecule has 0 heterocycles. The maximum Gasteiger partial charge on any atom is 0.222 e. The molecule has 0 aromatic heterocycles. The first kappa shape index (κ1) is 11.4. The van der Waals surface area contributed by atoms with Gasteiger partial charge in [-0.15, -0.1) is 0 Å². The average molecular weight is 188 g/mol. The molecule has 2 N–H and O–H groups in total. The normalized spacial score (nSPS) is 9.50. The third kappa shape index (κ3) is 4.28. The Morgan fingerprint density at radius 3 is 2.17 bits per heavy atom. The minimum Gasteiger partial charge on any atom is -0.393 e. The molecular weight excluding hydrogens is 172 g/mol. The van der Waals surface area contributed by atoms with Crippen LogP contribution in [0, 0.1) is 0 Å². The summed E-state index contributed by atoms with van der Waals surface area (Å²) in [6.45, 7) is 5.43. The number of carbonyl (C=O) groups is 1. The molecule has 0 aliphatic carbocycles. The lowest BCUT2D eigenvalue weighted by Gasteiger charge is -2.18. The Kier molecular flexibility index (Phi) is 5.62. The SMILES string of the molecule is CCN(CC)C(=O)CCC(N)=S. The van der Waals surface area contributed by atoms with Crippen LogP contribution in [0.2, 0.25) is 0 Å². The van der Waals surface area contributed by atoms with Crippen molar-refractivity contribution in [2.24, 2.45) is 5.73 Å². The zero-order valence-corrected chi connectivity index (χ0v) is 8.49. The number of carbonyl (C=O) groups excluding carboxylic acids is 1. The van der Waals surface area contributed by atoms with E-state index in [9.17, 15) is 4.79 Å². The average Bonchev–Trinajstić information content (AvgIpc) is 2.03. The summed E-state index contributed by atoms with van der Waals surface area (Å²) in [5.41, 5.74) is 5.28. The lowest BCUT2D eigenvalue weighted by Crippen LogP contribution is -2.31. The van der Waals surface area contributed by atoms with Gasteiger partial charge in [0.25, 0.3) is 0 Å². The fourth-order valence-electron chi connectivity index (χ4n) is 0.965. The van der Waals surface area contributed by atoms with Gasteiger partial charge < -0.3 is 10.6 Å². The zero-order valence-electron chi connectivity index (χ0n) is 7.67. The van der Waals surface area contributed by atoms with Crippen LogP contribution in [0.25, 0.3) is 0 Å². The van der Waals surface area contributed by atoms with E-state index in [1.54, 1.807) is 4.90 Å². The number of hydrogen-bond acceptors (Lipinski definition) is 2. The second-order valence-electron chi connectivity index (χ2n) is 2.53. The van der Waals surface area contributed by atoms with Crippen LogP contribution >= 0.6 is 12.2 Å². The van der Waals surface area contributed by atoms with Crippen LogP contribution < -0.4 is 5.73 Å². The Labute approximate surface area is 78.9 Å². The predicted molar refractivity (Wildman–Crippen MR) is 53.9 cm³/mol. The quantitative estimate of drug-likeness (QED) is 0.653. The topological polar surface area (TPSA) is 46.3 Å². The van der Waals surface area contributed by atoms with Gasteiger partial charge in [0.2, 0.25) is 5.91 Å². The van der Waals surface area contributed by atoms with Crippen molar-refractivity contribution in [1.82, 2.24) is 4.90 Å². The molecular formula is C8H16N2OS. The number of nitrogens with two attached hydrogens (primary N) is 1. The Hall–Kier alpha value is -0.640. The molecule has 12 heavy (non-hydrogen) atoms. The van der Waals surface area contributed by atoms with Crippen LogP contribution in [-0.2, 0) is 4.79 Å². The molecule has 3 nitrogen and oxygen atoms in total. The summed E-state index contributed by atoms with van der Waals surface area (Å²) in [6, 6.07) is 0. The van der Waals surface area contributed by atoms with Gasteiger partial charge in [-0.3, -0.25) is 4.79 Å². The molecule has 0 aromatic rings. The van der Waals surface area contributed by atoms with Gasteiger partial charge in [-0.1, -0.05) is 12.2 Å². The van der Waals surface area contributed by atoms with E-state index in [2.05, 4.69) is 12.2 Å². The van der Waals surface area contributed by atoms with Crippen LogP contribution in [0.1, 0.15) is 26.7 Å². The Morgan fingerprint density at radius 2 is 1.83 bits per heavy atom. The van der Waals surface area contributed by atoms with Crippen molar-refractivity contribution in [1.29, 1.82) is 0 Å². The van der Waals surface area contributed by atoms with E-state index in [0.717, 1.165) is 13.1 Å². The minimum atomic E-state index is 0.132. The second-order valence-corrected chi connectivity index (χ2v) is 3.06. The van der Waals surface area contributed by atoms with Crippen LogP contribution in [0.5, 0.6) is 0 Å². The lowest BCUT2D eigenvalue weighted by atomic mass is 10.3. The standard InChI is InChI=1S/C8H16N2OS/c1-3-10(4-2)8(11)6-5-7(9)12/h3-6H2,1-2H3,(H2,9,12). The van der Waals surface area contributed by atoms with Crippen molar-refractivity contribution >= 4 is 23.1 Å². The van der Waals surface area contributed by atoms with E-state index >= 15 is 0 Å². The first-order chi connectivity index (χ1) is 5.61. The van der Waals surface area contributed by atoms with E-state index < -0.39 is 0 Å². The highest BCUT2D eigenvalue weighted by molar-refractivity contribution is 7.80. The van der Waals surface area contributed by atoms with Gasteiger partial charge in [0.05, 0.1) is 4.99 Å². The van der Waals surface area contributed by atoms with E-state index in [1.165, 1.54) is 0 Å². The highest BCUT2D eigenvalue weighted by Crippen LogP contribution is 1.97. The van der Waals surface area contributed by atoms with Crippen molar-refractivity contribution in [2.45, 2.75) is 26.7 Å². The van der Waals surface area contributed by atoms with Gasteiger partial charge in [0, 0.05) is 25.9 Å². The number of rotatable bonds is 5. The molecule has 0 atom stereocenters. The van der Waals surface area contributed by atoms with Crippen molar-refractivity contribution in [3.05, 3.63) is 0 Å². The first-order valence-corrected chi connectivity index (χ1v) is 4.58. The Bertz CT molecular complexity index is 166. The Balaban J connectivity index is 3.77. The molecule has 0 unspecified atom stereocenters.